The molecule has 142 valence electrons. The smallest absolute Gasteiger partial charge is 0.217 e. The van der Waals surface area contributed by atoms with Gasteiger partial charge in [0.25, 0.3) is 0 Å². The maximum atomic E-state index is 12.0. The van der Waals surface area contributed by atoms with Gasteiger partial charge in [-0.05, 0) is 54.9 Å². The zero-order valence-corrected chi connectivity index (χ0v) is 16.4. The molecule has 0 unspecified atom stereocenters. The average Bonchev–Trinajstić information content (AvgIpc) is 3.08. The Balaban J connectivity index is 1.72. The molecule has 1 spiro atoms. The third kappa shape index (κ3) is 2.49. The van der Waals surface area contributed by atoms with Crippen molar-refractivity contribution in [3.63, 3.8) is 0 Å². The highest BCUT2D eigenvalue weighted by molar-refractivity contribution is 5.73. The Kier molecular flexibility index (Phi) is 4.30. The minimum atomic E-state index is 0.0591. The molecule has 2 aliphatic carbocycles. The van der Waals surface area contributed by atoms with Crippen molar-refractivity contribution in [2.75, 3.05) is 13.2 Å². The molecule has 3 aliphatic rings. The number of rotatable bonds is 4. The molecular formula is C22H31NO3. The summed E-state index contributed by atoms with van der Waals surface area (Å²) in [5, 5.41) is 3.34. The molecular weight excluding hydrogens is 326 g/mol. The molecule has 1 heterocycles. The Labute approximate surface area is 156 Å². The number of ether oxygens (including phenoxy) is 2. The summed E-state index contributed by atoms with van der Waals surface area (Å²) in [5.74, 6) is 2.09. The Morgan fingerprint density at radius 3 is 2.85 bits per heavy atom. The number of hydrogen-bond acceptors (Lipinski definition) is 3. The molecule has 1 aromatic rings. The summed E-state index contributed by atoms with van der Waals surface area (Å²) < 4.78 is 12.2. The van der Waals surface area contributed by atoms with Crippen LogP contribution >= 0.6 is 0 Å². The highest BCUT2D eigenvalue weighted by Gasteiger charge is 2.68. The van der Waals surface area contributed by atoms with E-state index in [4.69, 9.17) is 9.47 Å². The monoisotopic (exact) mass is 357 g/mol. The van der Waals surface area contributed by atoms with Crippen LogP contribution in [0.2, 0.25) is 0 Å². The molecule has 5 atom stereocenters. The fourth-order valence-electron chi connectivity index (χ4n) is 6.30. The van der Waals surface area contributed by atoms with Crippen molar-refractivity contribution in [2.45, 2.75) is 59.1 Å². The van der Waals surface area contributed by atoms with E-state index < -0.39 is 0 Å². The largest absolute Gasteiger partial charge is 0.493 e. The van der Waals surface area contributed by atoms with E-state index >= 15 is 0 Å². The van der Waals surface area contributed by atoms with Gasteiger partial charge in [0.15, 0.2) is 0 Å². The summed E-state index contributed by atoms with van der Waals surface area (Å²) in [7, 11) is 0. The van der Waals surface area contributed by atoms with Gasteiger partial charge in [-0.1, -0.05) is 32.0 Å². The van der Waals surface area contributed by atoms with Crippen LogP contribution in [0.25, 0.3) is 0 Å². The highest BCUT2D eigenvalue weighted by Crippen LogP contribution is 2.70. The first-order valence-corrected chi connectivity index (χ1v) is 10.0. The standard InChI is InChI=1S/C22H31NO3/c1-5-25-18-9-7-6-8-16(18)19-17-12-15-13-22(17,10-11-26-19)20(21(15,3)4)23-14(2)24/h6-9,15,17,19-20H,5,10-13H2,1-4H3,(H,23,24)/t15-,17-,19-,20+,22-/m1/s1. The van der Waals surface area contributed by atoms with Gasteiger partial charge in [-0.2, -0.15) is 0 Å². The van der Waals surface area contributed by atoms with Crippen LogP contribution in [0, 0.1) is 22.7 Å². The molecule has 4 nitrogen and oxygen atoms in total. The van der Waals surface area contributed by atoms with Crippen molar-refractivity contribution in [3.8, 4) is 5.75 Å². The first-order valence-electron chi connectivity index (χ1n) is 10.0. The zero-order valence-electron chi connectivity index (χ0n) is 16.4. The van der Waals surface area contributed by atoms with Crippen molar-refractivity contribution in [3.05, 3.63) is 29.8 Å². The summed E-state index contributed by atoms with van der Waals surface area (Å²) in [6.07, 6.45) is 3.47. The molecule has 1 amide bonds. The normalized spacial score (nSPS) is 37.2. The predicted octanol–water partition coefficient (Wildman–Crippen LogP) is 4.10. The first-order chi connectivity index (χ1) is 12.4. The molecule has 2 bridgehead atoms. The number of carbonyl (C=O) groups excluding carboxylic acids is 1. The molecule has 0 aromatic heterocycles. The Hall–Kier alpha value is -1.55. The molecule has 3 fully saturated rings. The second-order valence-corrected chi connectivity index (χ2v) is 8.94. The van der Waals surface area contributed by atoms with E-state index in [2.05, 4.69) is 31.3 Å². The van der Waals surface area contributed by atoms with Crippen molar-refractivity contribution in [1.82, 2.24) is 5.32 Å². The SMILES string of the molecule is CCOc1ccccc1[C@H]1OCC[C@@]23C[C@@H](C[C@H]12)C(C)(C)[C@@H]3NC(C)=O. The second kappa shape index (κ2) is 6.26. The average molecular weight is 357 g/mol. The van der Waals surface area contributed by atoms with Gasteiger partial charge >= 0.3 is 0 Å². The maximum Gasteiger partial charge on any atom is 0.217 e. The number of fused-ring (bicyclic) bond motifs is 1. The number of amides is 1. The molecule has 0 radical (unpaired) electrons. The Bertz CT molecular complexity index is 700. The lowest BCUT2D eigenvalue weighted by Gasteiger charge is -2.53. The van der Waals surface area contributed by atoms with E-state index in [1.54, 1.807) is 6.92 Å². The van der Waals surface area contributed by atoms with Gasteiger partial charge < -0.3 is 14.8 Å². The third-order valence-electron chi connectivity index (χ3n) is 7.38. The number of hydrogen-bond donors (Lipinski definition) is 1. The van der Waals surface area contributed by atoms with Crippen LogP contribution in [-0.2, 0) is 9.53 Å². The summed E-state index contributed by atoms with van der Waals surface area (Å²) in [4.78, 5) is 12.0. The summed E-state index contributed by atoms with van der Waals surface area (Å²) in [6.45, 7) is 9.75. The van der Waals surface area contributed by atoms with E-state index in [1.807, 2.05) is 19.1 Å². The number of benzene rings is 1. The molecule has 2 saturated carbocycles. The molecule has 1 saturated heterocycles. The van der Waals surface area contributed by atoms with E-state index in [0.717, 1.165) is 18.8 Å². The van der Waals surface area contributed by atoms with Crippen LogP contribution in [0.5, 0.6) is 5.75 Å². The van der Waals surface area contributed by atoms with Gasteiger partial charge in [-0.15, -0.1) is 0 Å². The van der Waals surface area contributed by atoms with Crippen molar-refractivity contribution in [1.29, 1.82) is 0 Å². The molecule has 4 heteroatoms. The summed E-state index contributed by atoms with van der Waals surface area (Å²) in [5.41, 5.74) is 1.45. The van der Waals surface area contributed by atoms with Crippen LogP contribution < -0.4 is 10.1 Å². The summed E-state index contributed by atoms with van der Waals surface area (Å²) in [6, 6.07) is 8.52. The number of para-hydroxylation sites is 1. The lowest BCUT2D eigenvalue weighted by molar-refractivity contribution is -0.136. The van der Waals surface area contributed by atoms with Gasteiger partial charge in [0.2, 0.25) is 5.91 Å². The quantitative estimate of drug-likeness (QED) is 0.882. The minimum absolute atomic E-state index is 0.0591. The molecule has 1 aromatic carbocycles. The lowest BCUT2D eigenvalue weighted by Crippen LogP contribution is -2.58. The van der Waals surface area contributed by atoms with Crippen LogP contribution in [-0.4, -0.2) is 25.2 Å². The molecule has 1 N–H and O–H groups in total. The fourth-order valence-corrected chi connectivity index (χ4v) is 6.30. The van der Waals surface area contributed by atoms with Crippen molar-refractivity contribution < 1.29 is 14.3 Å². The van der Waals surface area contributed by atoms with E-state index in [9.17, 15) is 4.79 Å². The molecule has 1 aliphatic heterocycles. The van der Waals surface area contributed by atoms with E-state index in [0.29, 0.717) is 18.4 Å². The van der Waals surface area contributed by atoms with Gasteiger partial charge in [0, 0.05) is 25.1 Å². The van der Waals surface area contributed by atoms with Crippen LogP contribution in [0.15, 0.2) is 24.3 Å². The maximum absolute atomic E-state index is 12.0. The summed E-state index contributed by atoms with van der Waals surface area (Å²) >= 11 is 0. The number of carbonyl (C=O) groups is 1. The van der Waals surface area contributed by atoms with Gasteiger partial charge in [0.1, 0.15) is 5.75 Å². The highest BCUT2D eigenvalue weighted by atomic mass is 16.5. The Morgan fingerprint density at radius 1 is 1.35 bits per heavy atom. The number of nitrogens with one attached hydrogen (secondary N) is 1. The van der Waals surface area contributed by atoms with Crippen molar-refractivity contribution in [2.24, 2.45) is 22.7 Å². The fraction of sp³-hybridized carbons (Fsp3) is 0.682. The zero-order chi connectivity index (χ0) is 18.5. The van der Waals surface area contributed by atoms with Gasteiger partial charge in [-0.3, -0.25) is 4.79 Å². The van der Waals surface area contributed by atoms with Crippen LogP contribution in [0.1, 0.15) is 58.6 Å². The predicted molar refractivity (Wildman–Crippen MR) is 101 cm³/mol. The first kappa shape index (κ1) is 17.8. The lowest BCUT2D eigenvalue weighted by atomic mass is 9.58. The van der Waals surface area contributed by atoms with Crippen LogP contribution in [0.4, 0.5) is 0 Å². The molecule has 26 heavy (non-hydrogen) atoms. The molecule has 4 rings (SSSR count). The van der Waals surface area contributed by atoms with E-state index in [-0.39, 0.29) is 28.9 Å². The van der Waals surface area contributed by atoms with Gasteiger partial charge in [0.05, 0.1) is 12.7 Å². The third-order valence-corrected chi connectivity index (χ3v) is 7.38. The van der Waals surface area contributed by atoms with Crippen molar-refractivity contribution >= 4 is 5.91 Å². The van der Waals surface area contributed by atoms with Gasteiger partial charge in [-0.25, -0.2) is 0 Å². The Morgan fingerprint density at radius 2 is 2.12 bits per heavy atom. The van der Waals surface area contributed by atoms with E-state index in [1.165, 1.54) is 18.4 Å². The topological polar surface area (TPSA) is 47.6 Å². The minimum Gasteiger partial charge on any atom is -0.493 e. The van der Waals surface area contributed by atoms with Crippen LogP contribution in [0.3, 0.4) is 0 Å². The second-order valence-electron chi connectivity index (χ2n) is 8.94.